The van der Waals surface area contributed by atoms with Crippen LogP contribution in [0.15, 0.2) is 22.3 Å². The Morgan fingerprint density at radius 2 is 2.43 bits per heavy atom. The first kappa shape index (κ1) is 10.3. The Labute approximate surface area is 80.8 Å². The van der Waals surface area contributed by atoms with Crippen molar-refractivity contribution in [1.82, 2.24) is 9.55 Å². The summed E-state index contributed by atoms with van der Waals surface area (Å²) in [5.74, 6) is 0.254. The number of aromatic nitrogens is 2. The summed E-state index contributed by atoms with van der Waals surface area (Å²) in [4.78, 5) is 17.7. The summed E-state index contributed by atoms with van der Waals surface area (Å²) in [5, 5.41) is 3.21. The van der Waals surface area contributed by atoms with E-state index in [9.17, 15) is 4.79 Å². The number of hydrogen-bond acceptors (Lipinski definition) is 3. The first-order valence-corrected chi connectivity index (χ1v) is 4.25. The molecule has 0 atom stereocenters. The fourth-order valence-electron chi connectivity index (χ4n) is 1.08. The lowest BCUT2D eigenvalue weighted by Gasteiger charge is -2.07. The lowest BCUT2D eigenvalue weighted by Crippen LogP contribution is -2.22. The molecule has 0 amide bonds. The van der Waals surface area contributed by atoms with Crippen LogP contribution in [0.25, 0.3) is 10.4 Å². The van der Waals surface area contributed by atoms with Crippen molar-refractivity contribution in [2.45, 2.75) is 20.4 Å². The molecular formula is C8H11N5O. The van der Waals surface area contributed by atoms with Crippen LogP contribution in [0.4, 0.5) is 5.82 Å². The molecule has 0 N–H and O–H groups in total. The van der Waals surface area contributed by atoms with Crippen molar-refractivity contribution in [3.05, 3.63) is 33.2 Å². The van der Waals surface area contributed by atoms with Gasteiger partial charge in [0.15, 0.2) is 5.82 Å². The van der Waals surface area contributed by atoms with Gasteiger partial charge < -0.3 is 4.57 Å². The summed E-state index contributed by atoms with van der Waals surface area (Å²) in [6.45, 7) is 4.59. The van der Waals surface area contributed by atoms with Crippen LogP contribution in [0.3, 0.4) is 0 Å². The van der Waals surface area contributed by atoms with Gasteiger partial charge in [0.25, 0.3) is 5.56 Å². The minimum absolute atomic E-state index is 0.101. The number of rotatable bonds is 3. The molecule has 0 saturated heterocycles. The van der Waals surface area contributed by atoms with Crippen molar-refractivity contribution in [2.75, 3.05) is 0 Å². The van der Waals surface area contributed by atoms with Crippen LogP contribution >= 0.6 is 0 Å². The molecule has 14 heavy (non-hydrogen) atoms. The molecule has 0 fully saturated rings. The van der Waals surface area contributed by atoms with Gasteiger partial charge in [-0.1, -0.05) is 13.8 Å². The van der Waals surface area contributed by atoms with E-state index in [1.807, 2.05) is 13.8 Å². The van der Waals surface area contributed by atoms with Gasteiger partial charge >= 0.3 is 0 Å². The van der Waals surface area contributed by atoms with Crippen molar-refractivity contribution in [1.29, 1.82) is 0 Å². The van der Waals surface area contributed by atoms with E-state index in [0.717, 1.165) is 0 Å². The quantitative estimate of drug-likeness (QED) is 0.416. The maximum Gasteiger partial charge on any atom is 0.278 e. The van der Waals surface area contributed by atoms with Crippen LogP contribution in [0.2, 0.25) is 0 Å². The predicted molar refractivity (Wildman–Crippen MR) is 52.1 cm³/mol. The highest BCUT2D eigenvalue weighted by Gasteiger charge is 2.03. The summed E-state index contributed by atoms with van der Waals surface area (Å²) < 4.78 is 1.49. The smallest absolute Gasteiger partial charge is 0.278 e. The zero-order valence-corrected chi connectivity index (χ0v) is 8.08. The second-order valence-corrected chi connectivity index (χ2v) is 3.29. The lowest BCUT2D eigenvalue weighted by molar-refractivity contribution is 0.509. The maximum absolute atomic E-state index is 11.5. The van der Waals surface area contributed by atoms with E-state index in [-0.39, 0.29) is 11.4 Å². The van der Waals surface area contributed by atoms with Crippen molar-refractivity contribution in [3.63, 3.8) is 0 Å². The van der Waals surface area contributed by atoms with Crippen molar-refractivity contribution < 1.29 is 0 Å². The first-order chi connectivity index (χ1) is 6.65. The molecule has 0 spiro atoms. The Morgan fingerprint density at radius 3 is 3.00 bits per heavy atom. The molecule has 6 heteroatoms. The molecule has 0 aliphatic heterocycles. The zero-order valence-electron chi connectivity index (χ0n) is 8.08. The van der Waals surface area contributed by atoms with E-state index in [1.165, 1.54) is 10.8 Å². The van der Waals surface area contributed by atoms with Gasteiger partial charge in [0, 0.05) is 23.9 Å². The highest BCUT2D eigenvalue weighted by atomic mass is 16.1. The molecule has 6 nitrogen and oxygen atoms in total. The molecule has 0 saturated carbocycles. The van der Waals surface area contributed by atoms with Crippen LogP contribution in [-0.2, 0) is 6.54 Å². The van der Waals surface area contributed by atoms with Crippen LogP contribution < -0.4 is 5.56 Å². The van der Waals surface area contributed by atoms with Gasteiger partial charge in [0.2, 0.25) is 0 Å². The molecule has 1 aromatic rings. The van der Waals surface area contributed by atoms with Gasteiger partial charge in [-0.15, -0.1) is 0 Å². The van der Waals surface area contributed by atoms with Gasteiger partial charge in [-0.05, 0) is 16.6 Å². The topological polar surface area (TPSA) is 83.7 Å². The van der Waals surface area contributed by atoms with Gasteiger partial charge in [-0.3, -0.25) is 4.79 Å². The first-order valence-electron chi connectivity index (χ1n) is 4.25. The molecule has 1 aromatic heterocycles. The fraction of sp³-hybridized carbons (Fsp3) is 0.500. The second-order valence-electron chi connectivity index (χ2n) is 3.29. The molecule has 0 aromatic carbocycles. The SMILES string of the molecule is CC(C)Cn1ccnc(N=[N+]=[N-])c1=O. The second kappa shape index (κ2) is 4.43. The lowest BCUT2D eigenvalue weighted by atomic mass is 10.2. The van der Waals surface area contributed by atoms with Crippen molar-refractivity contribution in [3.8, 4) is 0 Å². The molecule has 1 heterocycles. The van der Waals surface area contributed by atoms with E-state index in [0.29, 0.717) is 12.5 Å². The third-order valence-electron chi connectivity index (χ3n) is 1.60. The Balaban J connectivity index is 3.14. The van der Waals surface area contributed by atoms with Gasteiger partial charge in [0.05, 0.1) is 0 Å². The van der Waals surface area contributed by atoms with Crippen molar-refractivity contribution >= 4 is 5.82 Å². The molecule has 0 bridgehead atoms. The maximum atomic E-state index is 11.5. The van der Waals surface area contributed by atoms with Crippen LogP contribution in [0.1, 0.15) is 13.8 Å². The highest BCUT2D eigenvalue weighted by molar-refractivity contribution is 5.21. The predicted octanol–water partition coefficient (Wildman–Crippen LogP) is 1.84. The Morgan fingerprint density at radius 1 is 1.71 bits per heavy atom. The van der Waals surface area contributed by atoms with Crippen LogP contribution in [0, 0.1) is 5.92 Å². The molecule has 0 unspecified atom stereocenters. The Kier molecular flexibility index (Phi) is 3.25. The third kappa shape index (κ3) is 2.34. The van der Waals surface area contributed by atoms with Crippen LogP contribution in [-0.4, -0.2) is 9.55 Å². The van der Waals surface area contributed by atoms with E-state index in [2.05, 4.69) is 15.0 Å². The van der Waals surface area contributed by atoms with Gasteiger partial charge in [-0.2, -0.15) is 0 Å². The summed E-state index contributed by atoms with van der Waals surface area (Å²) in [6, 6.07) is 0. The summed E-state index contributed by atoms with van der Waals surface area (Å²) in [6.07, 6.45) is 3.03. The average Bonchev–Trinajstić information content (AvgIpc) is 2.11. The van der Waals surface area contributed by atoms with Gasteiger partial charge in [-0.25, -0.2) is 4.98 Å². The zero-order chi connectivity index (χ0) is 10.6. The molecule has 0 aliphatic carbocycles. The highest BCUT2D eigenvalue weighted by Crippen LogP contribution is 2.00. The molecule has 0 aliphatic rings. The van der Waals surface area contributed by atoms with E-state index >= 15 is 0 Å². The monoisotopic (exact) mass is 193 g/mol. The van der Waals surface area contributed by atoms with E-state index in [4.69, 9.17) is 5.53 Å². The molecule has 0 radical (unpaired) electrons. The summed E-state index contributed by atoms with van der Waals surface area (Å²) in [7, 11) is 0. The average molecular weight is 193 g/mol. The van der Waals surface area contributed by atoms with Gasteiger partial charge in [0.1, 0.15) is 0 Å². The summed E-state index contributed by atoms with van der Waals surface area (Å²) in [5.41, 5.74) is 7.84. The van der Waals surface area contributed by atoms with E-state index in [1.54, 1.807) is 6.20 Å². The Bertz CT molecular complexity index is 416. The fourth-order valence-corrected chi connectivity index (χ4v) is 1.08. The molecule has 74 valence electrons. The van der Waals surface area contributed by atoms with Crippen molar-refractivity contribution in [2.24, 2.45) is 11.0 Å². The normalized spacial score (nSPS) is 9.93. The number of hydrogen-bond donors (Lipinski definition) is 0. The summed E-state index contributed by atoms with van der Waals surface area (Å²) >= 11 is 0. The molecular weight excluding hydrogens is 182 g/mol. The number of azide groups is 1. The minimum Gasteiger partial charge on any atom is -0.312 e. The largest absolute Gasteiger partial charge is 0.312 e. The standard InChI is InChI=1S/C8H11N5O/c1-6(2)5-13-4-3-10-7(8(13)14)11-12-9/h3-4,6H,5H2,1-2H3. The minimum atomic E-state index is -0.348. The third-order valence-corrected chi connectivity index (χ3v) is 1.60. The molecule has 1 rings (SSSR count). The van der Waals surface area contributed by atoms with E-state index < -0.39 is 0 Å². The number of nitrogens with zero attached hydrogens (tertiary/aromatic N) is 5. The van der Waals surface area contributed by atoms with Crippen LogP contribution in [0.5, 0.6) is 0 Å². The Hall–Kier alpha value is -1.81.